The molecular formula is C19H18F3IN2O3. The SMILES string of the molecule is Cc1cc(I)ccc1Nc1c(C(=O)NOCCC2CC2O)cc(F)c(F)c1F. The van der Waals surface area contributed by atoms with E-state index >= 15 is 0 Å². The number of halogens is 4. The molecule has 2 aromatic carbocycles. The van der Waals surface area contributed by atoms with E-state index in [9.17, 15) is 23.1 Å². The molecule has 1 saturated carbocycles. The lowest BCUT2D eigenvalue weighted by atomic mass is 10.1. The number of rotatable bonds is 7. The Morgan fingerprint density at radius 1 is 1.29 bits per heavy atom. The van der Waals surface area contributed by atoms with Crippen LogP contribution in [0.1, 0.15) is 28.8 Å². The van der Waals surface area contributed by atoms with Crippen molar-refractivity contribution in [3.63, 3.8) is 0 Å². The van der Waals surface area contributed by atoms with Crippen LogP contribution in [0.15, 0.2) is 24.3 Å². The first-order valence-corrected chi connectivity index (χ1v) is 9.66. The topological polar surface area (TPSA) is 70.6 Å². The Hall–Kier alpha value is -1.85. The summed E-state index contributed by atoms with van der Waals surface area (Å²) in [5, 5.41) is 11.9. The second kappa shape index (κ2) is 8.66. The standard InChI is InChI=1S/C19H18F3IN2O3/c1-9-6-11(23)2-3-14(9)24-18-12(8-13(20)16(21)17(18)22)19(27)25-28-5-4-10-7-15(10)26/h2-3,6,8,10,15,24,26H,4-5,7H2,1H3,(H,25,27). The van der Waals surface area contributed by atoms with E-state index in [1.165, 1.54) is 0 Å². The highest BCUT2D eigenvalue weighted by atomic mass is 127. The molecule has 0 saturated heterocycles. The monoisotopic (exact) mass is 506 g/mol. The Morgan fingerprint density at radius 2 is 2.00 bits per heavy atom. The fraction of sp³-hybridized carbons (Fsp3) is 0.316. The van der Waals surface area contributed by atoms with Crippen LogP contribution in [0.4, 0.5) is 24.5 Å². The van der Waals surface area contributed by atoms with E-state index in [1.807, 2.05) is 6.07 Å². The molecule has 0 aliphatic heterocycles. The Kier molecular flexibility index (Phi) is 6.46. The van der Waals surface area contributed by atoms with Gasteiger partial charge in [-0.05, 0) is 78.1 Å². The van der Waals surface area contributed by atoms with Gasteiger partial charge in [-0.15, -0.1) is 0 Å². The predicted molar refractivity (Wildman–Crippen MR) is 106 cm³/mol. The largest absolute Gasteiger partial charge is 0.393 e. The molecule has 0 heterocycles. The second-order valence-electron chi connectivity index (χ2n) is 6.62. The molecule has 1 aliphatic carbocycles. The maximum Gasteiger partial charge on any atom is 0.277 e. The summed E-state index contributed by atoms with van der Waals surface area (Å²) in [5.41, 5.74) is 2.37. The van der Waals surface area contributed by atoms with Gasteiger partial charge >= 0.3 is 0 Å². The lowest BCUT2D eigenvalue weighted by Crippen LogP contribution is -2.26. The number of benzene rings is 2. The fourth-order valence-electron chi connectivity index (χ4n) is 2.72. The molecule has 0 aromatic heterocycles. The van der Waals surface area contributed by atoms with Crippen LogP contribution in [0.5, 0.6) is 0 Å². The van der Waals surface area contributed by atoms with E-state index in [0.29, 0.717) is 24.6 Å². The summed E-state index contributed by atoms with van der Waals surface area (Å²) in [6.45, 7) is 1.90. The lowest BCUT2D eigenvalue weighted by molar-refractivity contribution is 0.0279. The highest BCUT2D eigenvalue weighted by molar-refractivity contribution is 14.1. The summed E-state index contributed by atoms with van der Waals surface area (Å²) in [6, 6.07) is 5.84. The maximum absolute atomic E-state index is 14.4. The van der Waals surface area contributed by atoms with E-state index in [2.05, 4.69) is 33.4 Å². The number of aliphatic hydroxyl groups excluding tert-OH is 1. The molecule has 0 bridgehead atoms. The van der Waals surface area contributed by atoms with Gasteiger partial charge in [-0.25, -0.2) is 18.7 Å². The summed E-state index contributed by atoms with van der Waals surface area (Å²) in [7, 11) is 0. The number of amides is 1. The van der Waals surface area contributed by atoms with E-state index in [0.717, 1.165) is 9.13 Å². The van der Waals surface area contributed by atoms with Gasteiger partial charge in [0.25, 0.3) is 5.91 Å². The number of hydrogen-bond donors (Lipinski definition) is 3. The molecule has 3 N–H and O–H groups in total. The van der Waals surface area contributed by atoms with Crippen molar-refractivity contribution < 1.29 is 27.9 Å². The Balaban J connectivity index is 1.79. The van der Waals surface area contributed by atoms with E-state index in [1.54, 1.807) is 19.1 Å². The summed E-state index contributed by atoms with van der Waals surface area (Å²) in [5.74, 6) is -5.43. The molecular weight excluding hydrogens is 488 g/mol. The van der Waals surface area contributed by atoms with Crippen molar-refractivity contribution in [3.05, 3.63) is 56.4 Å². The normalized spacial score (nSPS) is 18.1. The maximum atomic E-state index is 14.4. The fourth-order valence-corrected chi connectivity index (χ4v) is 3.37. The van der Waals surface area contributed by atoms with Gasteiger partial charge in [-0.2, -0.15) is 0 Å². The van der Waals surface area contributed by atoms with E-state index < -0.39 is 34.6 Å². The summed E-state index contributed by atoms with van der Waals surface area (Å²) >= 11 is 2.11. The van der Waals surface area contributed by atoms with Crippen molar-refractivity contribution in [2.75, 3.05) is 11.9 Å². The van der Waals surface area contributed by atoms with Crippen molar-refractivity contribution >= 4 is 39.9 Å². The van der Waals surface area contributed by atoms with Crippen LogP contribution in [-0.2, 0) is 4.84 Å². The van der Waals surface area contributed by atoms with Crippen LogP contribution in [0.25, 0.3) is 0 Å². The number of anilines is 2. The number of aliphatic hydroxyl groups is 1. The first-order valence-electron chi connectivity index (χ1n) is 8.58. The van der Waals surface area contributed by atoms with Crippen molar-refractivity contribution in [1.29, 1.82) is 0 Å². The highest BCUT2D eigenvalue weighted by Crippen LogP contribution is 2.33. The molecule has 1 fully saturated rings. The molecule has 3 rings (SSSR count). The molecule has 1 aliphatic rings. The number of hydrogen-bond acceptors (Lipinski definition) is 4. The molecule has 0 spiro atoms. The van der Waals surface area contributed by atoms with Gasteiger partial charge in [0.15, 0.2) is 17.5 Å². The Labute approximate surface area is 173 Å². The lowest BCUT2D eigenvalue weighted by Gasteiger charge is -2.16. The van der Waals surface area contributed by atoms with E-state index in [-0.39, 0.29) is 18.6 Å². The summed E-state index contributed by atoms with van der Waals surface area (Å²) in [6.07, 6.45) is 0.892. The van der Waals surface area contributed by atoms with Gasteiger partial charge in [-0.3, -0.25) is 9.63 Å². The van der Waals surface area contributed by atoms with Gasteiger partial charge in [0.05, 0.1) is 24.0 Å². The van der Waals surface area contributed by atoms with E-state index in [4.69, 9.17) is 4.84 Å². The Bertz CT molecular complexity index is 910. The van der Waals surface area contributed by atoms with Gasteiger partial charge < -0.3 is 10.4 Å². The zero-order valence-electron chi connectivity index (χ0n) is 14.9. The van der Waals surface area contributed by atoms with Crippen LogP contribution >= 0.6 is 22.6 Å². The van der Waals surface area contributed by atoms with Crippen LogP contribution in [-0.4, -0.2) is 23.7 Å². The first kappa shape index (κ1) is 20.9. The van der Waals surface area contributed by atoms with Crippen molar-refractivity contribution in [2.24, 2.45) is 5.92 Å². The minimum atomic E-state index is -1.68. The number of nitrogens with one attached hydrogen (secondary N) is 2. The van der Waals surface area contributed by atoms with Crippen LogP contribution < -0.4 is 10.8 Å². The van der Waals surface area contributed by atoms with Crippen LogP contribution in [0, 0.1) is 33.9 Å². The molecule has 150 valence electrons. The zero-order chi connectivity index (χ0) is 20.4. The van der Waals surface area contributed by atoms with Gasteiger partial charge in [-0.1, -0.05) is 0 Å². The molecule has 2 aromatic rings. The van der Waals surface area contributed by atoms with Crippen LogP contribution in [0.2, 0.25) is 0 Å². The second-order valence-corrected chi connectivity index (χ2v) is 7.87. The van der Waals surface area contributed by atoms with Crippen molar-refractivity contribution in [1.82, 2.24) is 5.48 Å². The van der Waals surface area contributed by atoms with Crippen LogP contribution in [0.3, 0.4) is 0 Å². The predicted octanol–water partition coefficient (Wildman–Crippen LogP) is 4.19. The highest BCUT2D eigenvalue weighted by Gasteiger charge is 2.34. The molecule has 2 unspecified atom stereocenters. The van der Waals surface area contributed by atoms with Crippen molar-refractivity contribution in [3.8, 4) is 0 Å². The summed E-state index contributed by atoms with van der Waals surface area (Å²) in [4.78, 5) is 17.4. The third kappa shape index (κ3) is 4.76. The van der Waals surface area contributed by atoms with Gasteiger partial charge in [0.1, 0.15) is 0 Å². The first-order chi connectivity index (χ1) is 13.3. The molecule has 9 heteroatoms. The molecule has 2 atom stereocenters. The molecule has 1 amide bonds. The third-order valence-electron chi connectivity index (χ3n) is 4.50. The van der Waals surface area contributed by atoms with Crippen molar-refractivity contribution in [2.45, 2.75) is 25.9 Å². The minimum absolute atomic E-state index is 0.138. The number of carbonyl (C=O) groups is 1. The average molecular weight is 506 g/mol. The Morgan fingerprint density at radius 3 is 2.64 bits per heavy atom. The smallest absolute Gasteiger partial charge is 0.277 e. The number of carbonyl (C=O) groups excluding carboxylic acids is 1. The number of hydroxylamine groups is 1. The van der Waals surface area contributed by atoms with Gasteiger partial charge in [0, 0.05) is 9.26 Å². The molecule has 28 heavy (non-hydrogen) atoms. The zero-order valence-corrected chi connectivity index (χ0v) is 17.0. The third-order valence-corrected chi connectivity index (χ3v) is 5.17. The quantitative estimate of drug-likeness (QED) is 0.228. The van der Waals surface area contributed by atoms with Gasteiger partial charge in [0.2, 0.25) is 0 Å². The summed E-state index contributed by atoms with van der Waals surface area (Å²) < 4.78 is 42.8. The number of aryl methyl sites for hydroxylation is 1. The average Bonchev–Trinajstić information content (AvgIpc) is 3.35. The molecule has 5 nitrogen and oxygen atoms in total. The minimum Gasteiger partial charge on any atom is -0.393 e. The molecule has 0 radical (unpaired) electrons.